The summed E-state index contributed by atoms with van der Waals surface area (Å²) < 4.78 is 0. The number of carbonyl (C=O) groups is 3. The van der Waals surface area contributed by atoms with Crippen LogP contribution in [0.2, 0.25) is 0 Å². The average Bonchev–Trinajstić information content (AvgIpc) is 3.02. The van der Waals surface area contributed by atoms with E-state index in [1.54, 1.807) is 0 Å². The van der Waals surface area contributed by atoms with Crippen LogP contribution in [-0.4, -0.2) is 65.8 Å². The fraction of sp³-hybridized carbons (Fsp3) is 0.842. The minimum Gasteiger partial charge on any atom is -0.354 e. The van der Waals surface area contributed by atoms with Crippen molar-refractivity contribution in [2.75, 3.05) is 26.2 Å². The fourth-order valence-corrected chi connectivity index (χ4v) is 4.09. The molecule has 0 bridgehead atoms. The van der Waals surface area contributed by atoms with Crippen LogP contribution in [0.1, 0.15) is 58.8 Å². The Balaban J connectivity index is 0.00000364. The van der Waals surface area contributed by atoms with E-state index in [4.69, 9.17) is 5.73 Å². The van der Waals surface area contributed by atoms with Crippen LogP contribution in [0.3, 0.4) is 0 Å². The van der Waals surface area contributed by atoms with Crippen LogP contribution in [-0.2, 0) is 14.4 Å². The maximum atomic E-state index is 13.1. The number of halogens is 1. The van der Waals surface area contributed by atoms with Crippen molar-refractivity contribution < 1.29 is 14.4 Å². The van der Waals surface area contributed by atoms with Crippen molar-refractivity contribution in [1.29, 1.82) is 0 Å². The Morgan fingerprint density at radius 3 is 2.74 bits per heavy atom. The molecule has 2 aliphatic rings. The van der Waals surface area contributed by atoms with Crippen LogP contribution in [0.15, 0.2) is 0 Å². The number of amides is 3. The smallest absolute Gasteiger partial charge is 0.228 e. The van der Waals surface area contributed by atoms with Crippen molar-refractivity contribution in [2.24, 2.45) is 11.7 Å². The summed E-state index contributed by atoms with van der Waals surface area (Å²) in [7, 11) is 0. The van der Waals surface area contributed by atoms with E-state index in [0.29, 0.717) is 39.0 Å². The second-order valence-corrected chi connectivity index (χ2v) is 7.61. The molecule has 3 atom stereocenters. The Bertz CT molecular complexity index is 517. The van der Waals surface area contributed by atoms with Crippen LogP contribution < -0.4 is 11.1 Å². The Kier molecular flexibility index (Phi) is 10.1. The third-order valence-electron chi connectivity index (χ3n) is 5.56. The highest BCUT2D eigenvalue weighted by Gasteiger charge is 2.40. The van der Waals surface area contributed by atoms with Gasteiger partial charge in [-0.15, -0.1) is 12.4 Å². The second kappa shape index (κ2) is 11.5. The summed E-state index contributed by atoms with van der Waals surface area (Å²) in [6.07, 6.45) is 5.55. The van der Waals surface area contributed by atoms with Crippen molar-refractivity contribution in [3.63, 3.8) is 0 Å². The monoisotopic (exact) mass is 402 g/mol. The van der Waals surface area contributed by atoms with Crippen molar-refractivity contribution in [1.82, 2.24) is 15.1 Å². The van der Waals surface area contributed by atoms with E-state index >= 15 is 0 Å². The number of likely N-dealkylation sites (tertiary alicyclic amines) is 2. The second-order valence-electron chi connectivity index (χ2n) is 7.61. The van der Waals surface area contributed by atoms with Gasteiger partial charge in [0.05, 0.1) is 5.92 Å². The molecule has 2 saturated heterocycles. The average molecular weight is 403 g/mol. The van der Waals surface area contributed by atoms with E-state index in [-0.39, 0.29) is 48.1 Å². The number of carbonyl (C=O) groups excluding carboxylic acids is 3. The third kappa shape index (κ3) is 6.35. The number of rotatable bonds is 8. The molecule has 3 unspecified atom stereocenters. The maximum absolute atomic E-state index is 13.1. The highest BCUT2D eigenvalue weighted by Crippen LogP contribution is 2.27. The molecular formula is C19H35ClN4O3. The summed E-state index contributed by atoms with van der Waals surface area (Å²) >= 11 is 0. The third-order valence-corrected chi connectivity index (χ3v) is 5.56. The molecule has 0 aromatic rings. The molecule has 2 fully saturated rings. The molecule has 0 spiro atoms. The molecule has 2 aliphatic heterocycles. The molecule has 0 aromatic carbocycles. The van der Waals surface area contributed by atoms with Gasteiger partial charge in [0.1, 0.15) is 0 Å². The van der Waals surface area contributed by atoms with Crippen LogP contribution in [0.4, 0.5) is 0 Å². The maximum Gasteiger partial charge on any atom is 0.228 e. The molecule has 7 nitrogen and oxygen atoms in total. The molecule has 3 amide bonds. The minimum atomic E-state index is -0.248. The van der Waals surface area contributed by atoms with Gasteiger partial charge in [-0.25, -0.2) is 0 Å². The van der Waals surface area contributed by atoms with Crippen LogP contribution in [0.5, 0.6) is 0 Å². The number of hydrogen-bond donors (Lipinski definition) is 2. The summed E-state index contributed by atoms with van der Waals surface area (Å²) in [5, 5.41) is 2.89. The van der Waals surface area contributed by atoms with Gasteiger partial charge >= 0.3 is 0 Å². The van der Waals surface area contributed by atoms with Gasteiger partial charge in [0, 0.05) is 51.1 Å². The molecule has 3 N–H and O–H groups in total. The van der Waals surface area contributed by atoms with E-state index in [1.165, 1.54) is 0 Å². The number of nitrogens with two attached hydrogens (primary N) is 1. The fourth-order valence-electron chi connectivity index (χ4n) is 4.09. The summed E-state index contributed by atoms with van der Waals surface area (Å²) in [6, 6.07) is 0.216. The molecule has 2 heterocycles. The summed E-state index contributed by atoms with van der Waals surface area (Å²) in [6.45, 7) is 6.21. The molecule has 0 aliphatic carbocycles. The van der Waals surface area contributed by atoms with Gasteiger partial charge in [0.25, 0.3) is 0 Å². The van der Waals surface area contributed by atoms with Gasteiger partial charge in [0.2, 0.25) is 17.7 Å². The first-order valence-corrected chi connectivity index (χ1v) is 10.0. The topological polar surface area (TPSA) is 95.7 Å². The summed E-state index contributed by atoms with van der Waals surface area (Å²) in [5.74, 6) is -0.153. The lowest BCUT2D eigenvalue weighted by atomic mass is 9.98. The zero-order chi connectivity index (χ0) is 19.1. The standard InChI is InChI=1S/C19H34N4O3.ClH/c1-3-6-14(2)23-13-15(11-18(23)25)19(26)22-10-5-4-7-16(22)12-21-17(24)8-9-20;/h14-16H,3-13,20H2,1-2H3,(H,21,24);1H. The highest BCUT2D eigenvalue weighted by molar-refractivity contribution is 5.89. The lowest BCUT2D eigenvalue weighted by molar-refractivity contribution is -0.139. The number of nitrogens with one attached hydrogen (secondary N) is 1. The minimum absolute atomic E-state index is 0. The zero-order valence-electron chi connectivity index (χ0n) is 16.6. The van der Waals surface area contributed by atoms with Crippen molar-refractivity contribution in [3.05, 3.63) is 0 Å². The number of piperidine rings is 1. The van der Waals surface area contributed by atoms with E-state index in [9.17, 15) is 14.4 Å². The summed E-state index contributed by atoms with van der Waals surface area (Å²) in [4.78, 5) is 40.9. The highest BCUT2D eigenvalue weighted by atomic mass is 35.5. The van der Waals surface area contributed by atoms with Gasteiger partial charge < -0.3 is 20.9 Å². The first-order chi connectivity index (χ1) is 12.5. The van der Waals surface area contributed by atoms with Crippen LogP contribution >= 0.6 is 12.4 Å². The summed E-state index contributed by atoms with van der Waals surface area (Å²) in [5.41, 5.74) is 5.41. The molecule has 2 rings (SSSR count). The van der Waals surface area contributed by atoms with Crippen molar-refractivity contribution in [2.45, 2.75) is 70.9 Å². The molecular weight excluding hydrogens is 368 g/mol. The first kappa shape index (κ1) is 23.7. The van der Waals surface area contributed by atoms with Crippen molar-refractivity contribution >= 4 is 30.1 Å². The first-order valence-electron chi connectivity index (χ1n) is 10.0. The van der Waals surface area contributed by atoms with E-state index < -0.39 is 0 Å². The number of nitrogens with zero attached hydrogens (tertiary/aromatic N) is 2. The van der Waals surface area contributed by atoms with Gasteiger partial charge in [-0.3, -0.25) is 14.4 Å². The Morgan fingerprint density at radius 2 is 2.07 bits per heavy atom. The molecule has 0 aromatic heterocycles. The molecule has 0 radical (unpaired) electrons. The van der Waals surface area contributed by atoms with Gasteiger partial charge in [0.15, 0.2) is 0 Å². The largest absolute Gasteiger partial charge is 0.354 e. The number of hydrogen-bond acceptors (Lipinski definition) is 4. The molecule has 8 heteroatoms. The SMILES string of the molecule is CCCC(C)N1CC(C(=O)N2CCCCC2CNC(=O)CCN)CC1=O.Cl. The van der Waals surface area contributed by atoms with Gasteiger partial charge in [-0.1, -0.05) is 13.3 Å². The van der Waals surface area contributed by atoms with E-state index in [1.807, 2.05) is 9.80 Å². The predicted octanol–water partition coefficient (Wildman–Crippen LogP) is 1.29. The quantitative estimate of drug-likeness (QED) is 0.639. The Labute approximate surface area is 168 Å². The van der Waals surface area contributed by atoms with Crippen molar-refractivity contribution in [3.8, 4) is 0 Å². The lowest BCUT2D eigenvalue weighted by Gasteiger charge is -2.37. The van der Waals surface area contributed by atoms with Gasteiger partial charge in [-0.05, 0) is 32.6 Å². The van der Waals surface area contributed by atoms with E-state index in [2.05, 4.69) is 19.2 Å². The van der Waals surface area contributed by atoms with E-state index in [0.717, 1.165) is 32.1 Å². The molecule has 156 valence electrons. The van der Waals surface area contributed by atoms with Crippen LogP contribution in [0.25, 0.3) is 0 Å². The van der Waals surface area contributed by atoms with Gasteiger partial charge in [-0.2, -0.15) is 0 Å². The molecule has 0 saturated carbocycles. The lowest BCUT2D eigenvalue weighted by Crippen LogP contribution is -2.51. The predicted molar refractivity (Wildman–Crippen MR) is 107 cm³/mol. The van der Waals surface area contributed by atoms with Crippen LogP contribution in [0, 0.1) is 5.92 Å². The Morgan fingerprint density at radius 1 is 1.33 bits per heavy atom. The Hall–Kier alpha value is -1.34. The molecule has 27 heavy (non-hydrogen) atoms. The normalized spacial score (nSPS) is 23.7. The zero-order valence-corrected chi connectivity index (χ0v) is 17.4.